The van der Waals surface area contributed by atoms with Crippen molar-refractivity contribution in [3.8, 4) is 0 Å². The Balaban J connectivity index is 1.93. The first kappa shape index (κ1) is 21.2. The maximum atomic E-state index is 12.8. The van der Waals surface area contributed by atoms with Crippen molar-refractivity contribution >= 4 is 29.2 Å². The van der Waals surface area contributed by atoms with Crippen LogP contribution in [0, 0.1) is 17.0 Å². The van der Waals surface area contributed by atoms with Crippen LogP contribution in [0.1, 0.15) is 29.8 Å². The number of nitro benzene ring substituents is 1. The number of amides is 1. The lowest BCUT2D eigenvalue weighted by Crippen LogP contribution is -2.42. The molecule has 1 amide bonds. The molecular formula is C19H21N3O8. The van der Waals surface area contributed by atoms with Crippen LogP contribution in [-0.2, 0) is 23.8 Å². The summed E-state index contributed by atoms with van der Waals surface area (Å²) in [6.07, 6.45) is 1.05. The Morgan fingerprint density at radius 1 is 1.20 bits per heavy atom. The summed E-state index contributed by atoms with van der Waals surface area (Å²) in [4.78, 5) is 49.3. The molecule has 0 radical (unpaired) electrons. The van der Waals surface area contributed by atoms with Gasteiger partial charge in [0.1, 0.15) is 0 Å². The van der Waals surface area contributed by atoms with Gasteiger partial charge in [0, 0.05) is 50.5 Å². The number of ether oxygens (including phenoxy) is 3. The second-order valence-corrected chi connectivity index (χ2v) is 7.21. The third kappa shape index (κ3) is 4.40. The highest BCUT2D eigenvalue weighted by Crippen LogP contribution is 2.29. The molecule has 0 aliphatic carbocycles. The van der Waals surface area contributed by atoms with E-state index in [4.69, 9.17) is 14.2 Å². The average molecular weight is 419 g/mol. The highest BCUT2D eigenvalue weighted by molar-refractivity contribution is 6.15. The molecule has 2 aliphatic rings. The molecule has 0 aromatic heterocycles. The Morgan fingerprint density at radius 2 is 1.80 bits per heavy atom. The molecule has 0 bridgehead atoms. The highest BCUT2D eigenvalue weighted by Gasteiger charge is 2.39. The van der Waals surface area contributed by atoms with E-state index in [9.17, 15) is 24.5 Å². The molecule has 2 heterocycles. The van der Waals surface area contributed by atoms with Crippen molar-refractivity contribution in [2.75, 3.05) is 31.6 Å². The molecule has 2 fully saturated rings. The summed E-state index contributed by atoms with van der Waals surface area (Å²) in [7, 11) is 0. The fourth-order valence-electron chi connectivity index (χ4n) is 3.04. The minimum atomic E-state index is -1.38. The molecule has 2 saturated heterocycles. The third-order valence-electron chi connectivity index (χ3n) is 4.61. The summed E-state index contributed by atoms with van der Waals surface area (Å²) in [5.74, 6) is -3.55. The van der Waals surface area contributed by atoms with Crippen LogP contribution in [0.25, 0.3) is 0 Å². The van der Waals surface area contributed by atoms with Crippen LogP contribution < -0.4 is 5.32 Å². The number of rotatable bonds is 4. The average Bonchev–Trinajstić information content (AvgIpc) is 2.67. The third-order valence-corrected chi connectivity index (χ3v) is 4.61. The van der Waals surface area contributed by atoms with Crippen molar-refractivity contribution in [3.05, 3.63) is 45.1 Å². The zero-order valence-electron chi connectivity index (χ0n) is 16.7. The molecule has 1 aromatic rings. The maximum Gasteiger partial charge on any atom is 0.350 e. The normalized spacial score (nSPS) is 18.4. The van der Waals surface area contributed by atoms with Crippen molar-refractivity contribution < 1.29 is 33.5 Å². The van der Waals surface area contributed by atoms with Crippen molar-refractivity contribution in [3.63, 3.8) is 0 Å². The lowest BCUT2D eigenvalue weighted by Gasteiger charge is -2.29. The van der Waals surface area contributed by atoms with Crippen LogP contribution in [0.5, 0.6) is 0 Å². The predicted octanol–water partition coefficient (Wildman–Crippen LogP) is 1.51. The zero-order chi connectivity index (χ0) is 22.1. The van der Waals surface area contributed by atoms with Gasteiger partial charge < -0.3 is 24.4 Å². The fourth-order valence-corrected chi connectivity index (χ4v) is 3.04. The van der Waals surface area contributed by atoms with Gasteiger partial charge in [-0.2, -0.15) is 0 Å². The van der Waals surface area contributed by atoms with Gasteiger partial charge in [-0.15, -0.1) is 0 Å². The van der Waals surface area contributed by atoms with Gasteiger partial charge in [-0.1, -0.05) is 0 Å². The summed E-state index contributed by atoms with van der Waals surface area (Å²) in [5, 5.41) is 14.2. The van der Waals surface area contributed by atoms with Gasteiger partial charge in [0.05, 0.1) is 23.7 Å². The van der Waals surface area contributed by atoms with Crippen molar-refractivity contribution in [2.45, 2.75) is 26.6 Å². The Kier molecular flexibility index (Phi) is 5.74. The summed E-state index contributed by atoms with van der Waals surface area (Å²) >= 11 is 0. The minimum absolute atomic E-state index is 0.102. The summed E-state index contributed by atoms with van der Waals surface area (Å²) < 4.78 is 15.2. The van der Waals surface area contributed by atoms with E-state index in [2.05, 4.69) is 5.32 Å². The number of cyclic esters (lactones) is 2. The quantitative estimate of drug-likeness (QED) is 0.253. The first-order valence-corrected chi connectivity index (χ1v) is 9.18. The molecule has 1 aromatic carbocycles. The number of nitrogens with zero attached hydrogens (tertiary/aromatic N) is 2. The number of hydrogen-bond acceptors (Lipinski definition) is 9. The minimum Gasteiger partial charge on any atom is -0.419 e. The van der Waals surface area contributed by atoms with Crippen LogP contribution in [0.15, 0.2) is 23.9 Å². The van der Waals surface area contributed by atoms with E-state index in [1.54, 1.807) is 0 Å². The van der Waals surface area contributed by atoms with Gasteiger partial charge in [-0.3, -0.25) is 14.9 Å². The van der Waals surface area contributed by atoms with Gasteiger partial charge in [-0.25, -0.2) is 9.59 Å². The number of anilines is 1. The van der Waals surface area contributed by atoms with E-state index in [0.29, 0.717) is 26.3 Å². The number of esters is 2. The molecule has 11 heteroatoms. The predicted molar refractivity (Wildman–Crippen MR) is 103 cm³/mol. The molecule has 0 spiro atoms. The van der Waals surface area contributed by atoms with Gasteiger partial charge >= 0.3 is 11.9 Å². The number of nitrogens with one attached hydrogen (secondary N) is 1. The fraction of sp³-hybridized carbons (Fsp3) is 0.421. The topological polar surface area (TPSA) is 137 Å². The molecule has 2 aliphatic heterocycles. The molecule has 0 unspecified atom stereocenters. The second kappa shape index (κ2) is 8.11. The number of benzene rings is 1. The van der Waals surface area contributed by atoms with Gasteiger partial charge in [0.2, 0.25) is 0 Å². The van der Waals surface area contributed by atoms with Crippen LogP contribution in [-0.4, -0.2) is 59.8 Å². The van der Waals surface area contributed by atoms with Crippen molar-refractivity contribution in [1.29, 1.82) is 0 Å². The van der Waals surface area contributed by atoms with E-state index in [1.807, 2.05) is 0 Å². The first-order valence-electron chi connectivity index (χ1n) is 9.18. The Morgan fingerprint density at radius 3 is 2.37 bits per heavy atom. The van der Waals surface area contributed by atoms with E-state index in [-0.39, 0.29) is 28.4 Å². The van der Waals surface area contributed by atoms with Crippen molar-refractivity contribution in [1.82, 2.24) is 4.90 Å². The SMILES string of the molecule is Cc1c(NC=C2C(=O)OC(C)(C)OC2=O)cc(C(=O)N2CCOCC2)cc1[N+](=O)[O-]. The zero-order valence-corrected chi connectivity index (χ0v) is 16.7. The Bertz CT molecular complexity index is 925. The Hall–Kier alpha value is -3.47. The molecule has 3 rings (SSSR count). The van der Waals surface area contributed by atoms with E-state index >= 15 is 0 Å². The lowest BCUT2D eigenvalue weighted by molar-refractivity contribution is -0.385. The second-order valence-electron chi connectivity index (χ2n) is 7.21. The lowest BCUT2D eigenvalue weighted by atomic mass is 10.1. The van der Waals surface area contributed by atoms with Gasteiger partial charge in [-0.05, 0) is 13.0 Å². The molecule has 11 nitrogen and oxygen atoms in total. The van der Waals surface area contributed by atoms with E-state index in [0.717, 1.165) is 6.20 Å². The maximum absolute atomic E-state index is 12.8. The Labute approximate surface area is 171 Å². The summed E-state index contributed by atoms with van der Waals surface area (Å²) in [6.45, 7) is 5.85. The van der Waals surface area contributed by atoms with Gasteiger partial charge in [0.15, 0.2) is 5.57 Å². The van der Waals surface area contributed by atoms with Crippen LogP contribution >= 0.6 is 0 Å². The number of hydrogen-bond donors (Lipinski definition) is 1. The summed E-state index contributed by atoms with van der Waals surface area (Å²) in [5.41, 5.74) is -0.150. The monoisotopic (exact) mass is 419 g/mol. The number of nitro groups is 1. The number of carbonyl (C=O) groups excluding carboxylic acids is 3. The van der Waals surface area contributed by atoms with E-state index < -0.39 is 28.2 Å². The molecule has 1 N–H and O–H groups in total. The summed E-state index contributed by atoms with van der Waals surface area (Å²) in [6, 6.07) is 2.64. The largest absolute Gasteiger partial charge is 0.419 e. The molecule has 0 saturated carbocycles. The molecule has 0 atom stereocenters. The first-order chi connectivity index (χ1) is 14.1. The molecular weight excluding hydrogens is 398 g/mol. The number of carbonyl (C=O) groups is 3. The highest BCUT2D eigenvalue weighted by atomic mass is 16.7. The standard InChI is InChI=1S/C19H21N3O8/c1-11-14(20-10-13-17(24)29-19(2,3)30-18(13)25)8-12(9-15(11)22(26)27)16(23)21-4-6-28-7-5-21/h8-10,20H,4-7H2,1-3H3. The smallest absolute Gasteiger partial charge is 0.350 e. The van der Waals surface area contributed by atoms with Crippen LogP contribution in [0.4, 0.5) is 11.4 Å². The van der Waals surface area contributed by atoms with Crippen molar-refractivity contribution in [2.24, 2.45) is 0 Å². The molecule has 30 heavy (non-hydrogen) atoms. The van der Waals surface area contributed by atoms with E-state index in [1.165, 1.54) is 37.8 Å². The van der Waals surface area contributed by atoms with Gasteiger partial charge in [0.25, 0.3) is 17.4 Å². The molecule has 160 valence electrons. The van der Waals surface area contributed by atoms with Crippen LogP contribution in [0.2, 0.25) is 0 Å². The van der Waals surface area contributed by atoms with Crippen LogP contribution in [0.3, 0.4) is 0 Å². The number of morpholine rings is 1.